The number of hydrogen-bond donors (Lipinski definition) is 0. The summed E-state index contributed by atoms with van der Waals surface area (Å²) in [5.41, 5.74) is 10.3. The van der Waals surface area contributed by atoms with E-state index in [1.165, 1.54) is 0 Å². The highest BCUT2D eigenvalue weighted by Crippen LogP contribution is 2.33. The van der Waals surface area contributed by atoms with Crippen molar-refractivity contribution in [3.8, 4) is 79.2 Å². The van der Waals surface area contributed by atoms with E-state index in [4.69, 9.17) is 19.9 Å². The van der Waals surface area contributed by atoms with Crippen LogP contribution in [0.1, 0.15) is 0 Å². The zero-order chi connectivity index (χ0) is 32.1. The molecule has 8 rings (SSSR count). The van der Waals surface area contributed by atoms with Gasteiger partial charge in [0.2, 0.25) is 0 Å². The van der Waals surface area contributed by atoms with E-state index in [0.717, 1.165) is 50.6 Å². The van der Waals surface area contributed by atoms with Crippen LogP contribution in [-0.2, 0) is 0 Å². The zero-order valence-corrected chi connectivity index (χ0v) is 25.6. The molecule has 8 heteroatoms. The van der Waals surface area contributed by atoms with Crippen LogP contribution in [0, 0.1) is 0 Å². The summed E-state index contributed by atoms with van der Waals surface area (Å²) in [5, 5.41) is 0. The van der Waals surface area contributed by atoms with Crippen LogP contribution >= 0.6 is 0 Å². The Labute approximate surface area is 277 Å². The lowest BCUT2D eigenvalue weighted by atomic mass is 10.0. The highest BCUT2D eigenvalue weighted by atomic mass is 14.9. The Bertz CT molecular complexity index is 2060. The molecule has 0 atom stereocenters. The number of rotatable bonds is 7. The molecule has 0 saturated heterocycles. The fourth-order valence-corrected chi connectivity index (χ4v) is 5.44. The van der Waals surface area contributed by atoms with Crippen LogP contribution in [0.5, 0.6) is 0 Å². The van der Waals surface area contributed by atoms with Gasteiger partial charge in [-0.3, -0.25) is 19.9 Å². The van der Waals surface area contributed by atoms with Crippen molar-refractivity contribution < 1.29 is 0 Å². The minimum atomic E-state index is 0.559. The minimum Gasteiger partial charge on any atom is -0.264 e. The van der Waals surface area contributed by atoms with Gasteiger partial charge in [0.15, 0.2) is 5.82 Å². The molecule has 226 valence electrons. The lowest BCUT2D eigenvalue weighted by Gasteiger charge is -2.13. The van der Waals surface area contributed by atoms with Gasteiger partial charge in [-0.05, 0) is 77.9 Å². The van der Waals surface area contributed by atoms with Crippen LogP contribution in [0.3, 0.4) is 0 Å². The van der Waals surface area contributed by atoms with Gasteiger partial charge in [-0.15, -0.1) is 0 Å². The molecule has 7 heterocycles. The molecule has 0 fully saturated rings. The third-order valence-corrected chi connectivity index (χ3v) is 7.78. The Hall–Kier alpha value is -6.80. The molecule has 0 spiro atoms. The van der Waals surface area contributed by atoms with Gasteiger partial charge in [-0.25, -0.2) is 19.9 Å². The van der Waals surface area contributed by atoms with Crippen molar-refractivity contribution in [2.24, 2.45) is 0 Å². The quantitative estimate of drug-likeness (QED) is 0.175. The molecule has 0 saturated carbocycles. The number of benzene rings is 1. The second kappa shape index (κ2) is 12.9. The van der Waals surface area contributed by atoms with Crippen LogP contribution in [0.25, 0.3) is 79.2 Å². The van der Waals surface area contributed by atoms with E-state index in [0.29, 0.717) is 28.6 Å². The molecular weight excluding hydrogens is 592 g/mol. The lowest BCUT2D eigenvalue weighted by molar-refractivity contribution is 1.14. The fourth-order valence-electron chi connectivity index (χ4n) is 5.44. The van der Waals surface area contributed by atoms with Crippen LogP contribution < -0.4 is 0 Å². The largest absolute Gasteiger partial charge is 0.264 e. The first-order valence-corrected chi connectivity index (χ1v) is 15.4. The standard InChI is InChI=1S/C40H26N8/c1-2-10-27(11-3-1)40-47-38(36-22-30(28-12-8-16-41-25-28)20-34(45-36)32-14-4-6-18-43-32)24-39(48-40)37-23-31(29-13-9-17-42-26-29)21-35(46-37)33-15-5-7-19-44-33/h1-26H. The number of nitrogens with zero attached hydrogens (tertiary/aromatic N) is 8. The summed E-state index contributed by atoms with van der Waals surface area (Å²) in [5.74, 6) is 0.559. The van der Waals surface area contributed by atoms with E-state index >= 15 is 0 Å². The number of pyridine rings is 6. The van der Waals surface area contributed by atoms with E-state index < -0.39 is 0 Å². The van der Waals surface area contributed by atoms with Crippen LogP contribution in [-0.4, -0.2) is 39.9 Å². The molecule has 1 aromatic carbocycles. The van der Waals surface area contributed by atoms with Crippen molar-refractivity contribution in [2.45, 2.75) is 0 Å². The first-order chi connectivity index (χ1) is 23.8. The average Bonchev–Trinajstić information content (AvgIpc) is 3.19. The van der Waals surface area contributed by atoms with Crippen molar-refractivity contribution in [1.29, 1.82) is 0 Å². The van der Waals surface area contributed by atoms with Crippen molar-refractivity contribution in [3.63, 3.8) is 0 Å². The van der Waals surface area contributed by atoms with Crippen LogP contribution in [0.4, 0.5) is 0 Å². The molecule has 0 aliphatic rings. The van der Waals surface area contributed by atoms with Crippen molar-refractivity contribution in [3.05, 3.63) is 159 Å². The molecule has 0 aliphatic carbocycles. The smallest absolute Gasteiger partial charge is 0.160 e. The second-order valence-corrected chi connectivity index (χ2v) is 11.0. The summed E-state index contributed by atoms with van der Waals surface area (Å²) >= 11 is 0. The second-order valence-electron chi connectivity index (χ2n) is 11.0. The van der Waals surface area contributed by atoms with Crippen molar-refractivity contribution in [1.82, 2.24) is 39.9 Å². The summed E-state index contributed by atoms with van der Waals surface area (Å²) in [7, 11) is 0. The molecule has 0 bridgehead atoms. The van der Waals surface area contributed by atoms with Gasteiger partial charge in [-0.2, -0.15) is 0 Å². The zero-order valence-electron chi connectivity index (χ0n) is 25.6. The Balaban J connectivity index is 1.36. The molecule has 0 aliphatic heterocycles. The first-order valence-electron chi connectivity index (χ1n) is 15.4. The normalized spacial score (nSPS) is 10.9. The maximum absolute atomic E-state index is 5.09. The molecule has 0 N–H and O–H groups in total. The lowest BCUT2D eigenvalue weighted by Crippen LogP contribution is -2.00. The van der Waals surface area contributed by atoms with Gasteiger partial charge in [0, 0.05) is 53.9 Å². The maximum Gasteiger partial charge on any atom is 0.160 e. The van der Waals surface area contributed by atoms with Gasteiger partial charge >= 0.3 is 0 Å². The van der Waals surface area contributed by atoms with E-state index in [1.54, 1.807) is 24.8 Å². The SMILES string of the molecule is c1ccc(-c2nc(-c3cc(-c4cccnc4)cc(-c4ccccn4)n3)cc(-c3cc(-c4cccnc4)cc(-c4ccccn4)n3)n2)cc1. The molecule has 48 heavy (non-hydrogen) atoms. The highest BCUT2D eigenvalue weighted by Gasteiger charge is 2.17. The summed E-state index contributed by atoms with van der Waals surface area (Å²) in [4.78, 5) is 38.2. The molecule has 0 unspecified atom stereocenters. The molecular formula is C40H26N8. The minimum absolute atomic E-state index is 0.559. The molecule has 0 amide bonds. The average molecular weight is 619 g/mol. The Morgan fingerprint density at radius 1 is 0.292 bits per heavy atom. The summed E-state index contributed by atoms with van der Waals surface area (Å²) in [6.45, 7) is 0. The highest BCUT2D eigenvalue weighted by molar-refractivity contribution is 5.79. The van der Waals surface area contributed by atoms with Crippen LogP contribution in [0.2, 0.25) is 0 Å². The summed E-state index contributed by atoms with van der Waals surface area (Å²) < 4.78 is 0. The molecule has 8 aromatic rings. The third-order valence-electron chi connectivity index (χ3n) is 7.78. The van der Waals surface area contributed by atoms with E-state index in [1.807, 2.05) is 134 Å². The van der Waals surface area contributed by atoms with Crippen molar-refractivity contribution >= 4 is 0 Å². The molecule has 7 aromatic heterocycles. The fraction of sp³-hybridized carbons (Fsp3) is 0. The van der Waals surface area contributed by atoms with E-state index in [2.05, 4.69) is 19.9 Å². The van der Waals surface area contributed by atoms with Gasteiger partial charge < -0.3 is 0 Å². The maximum atomic E-state index is 5.09. The van der Waals surface area contributed by atoms with E-state index in [-0.39, 0.29) is 0 Å². The topological polar surface area (TPSA) is 103 Å². The Kier molecular flexibility index (Phi) is 7.70. The summed E-state index contributed by atoms with van der Waals surface area (Å²) in [6, 6.07) is 39.5. The van der Waals surface area contributed by atoms with Gasteiger partial charge in [0.1, 0.15) is 0 Å². The van der Waals surface area contributed by atoms with Crippen LogP contribution in [0.15, 0.2) is 159 Å². The Morgan fingerprint density at radius 3 is 1.17 bits per heavy atom. The number of hydrogen-bond acceptors (Lipinski definition) is 8. The van der Waals surface area contributed by atoms with Crippen molar-refractivity contribution in [2.75, 3.05) is 0 Å². The first kappa shape index (κ1) is 28.7. The van der Waals surface area contributed by atoms with Gasteiger partial charge in [0.05, 0.1) is 45.6 Å². The third kappa shape index (κ3) is 6.05. The van der Waals surface area contributed by atoms with Gasteiger partial charge in [0.25, 0.3) is 0 Å². The monoisotopic (exact) mass is 618 g/mol. The summed E-state index contributed by atoms with van der Waals surface area (Å²) in [6.07, 6.45) is 10.7. The number of aromatic nitrogens is 8. The predicted molar refractivity (Wildman–Crippen MR) is 187 cm³/mol. The molecule has 0 radical (unpaired) electrons. The van der Waals surface area contributed by atoms with E-state index in [9.17, 15) is 0 Å². The molecule has 8 nitrogen and oxygen atoms in total. The Morgan fingerprint density at radius 2 is 0.729 bits per heavy atom. The predicted octanol–water partition coefficient (Wildman–Crippen LogP) is 8.52. The van der Waals surface area contributed by atoms with Gasteiger partial charge in [-0.1, -0.05) is 54.6 Å².